The lowest BCUT2D eigenvalue weighted by Gasteiger charge is -2.24. The number of azo groups is 1. The number of carbonyl (C=O) groups is 1. The average molecular weight is 338 g/mol. The second kappa shape index (κ2) is 7.79. The van der Waals surface area contributed by atoms with Gasteiger partial charge in [0, 0.05) is 11.6 Å². The minimum Gasteiger partial charge on any atom is -0.332 e. The topological polar surface area (TPSA) is 65.8 Å². The molecule has 5 nitrogen and oxygen atoms in total. The number of hydrogen-bond donors (Lipinski definition) is 2. The van der Waals surface area contributed by atoms with Crippen molar-refractivity contribution in [2.24, 2.45) is 16.1 Å². The highest BCUT2D eigenvalue weighted by Gasteiger charge is 2.25. The van der Waals surface area contributed by atoms with Crippen LogP contribution >= 0.6 is 12.2 Å². The molecule has 0 atom stereocenters. The van der Waals surface area contributed by atoms with Gasteiger partial charge in [-0.3, -0.25) is 4.79 Å². The predicted octanol–water partition coefficient (Wildman–Crippen LogP) is 4.72. The first kappa shape index (κ1) is 16.3. The number of carbonyl (C=O) groups excluding carboxylic acids is 1. The molecular weight excluding hydrogens is 320 g/mol. The van der Waals surface area contributed by atoms with Gasteiger partial charge >= 0.3 is 0 Å². The number of thiocarbonyl (C=S) groups is 1. The van der Waals surface area contributed by atoms with Crippen LogP contribution in [0, 0.1) is 5.92 Å². The Labute approximate surface area is 146 Å². The van der Waals surface area contributed by atoms with Gasteiger partial charge in [-0.05, 0) is 61.5 Å². The van der Waals surface area contributed by atoms with Crippen LogP contribution in [0.1, 0.15) is 19.3 Å². The molecule has 2 N–H and O–H groups in total. The van der Waals surface area contributed by atoms with Crippen molar-refractivity contribution in [1.82, 2.24) is 5.32 Å². The maximum atomic E-state index is 11.8. The Morgan fingerprint density at radius 1 is 0.958 bits per heavy atom. The van der Waals surface area contributed by atoms with Gasteiger partial charge in [-0.15, -0.1) is 0 Å². The van der Waals surface area contributed by atoms with Crippen LogP contribution in [0.25, 0.3) is 0 Å². The lowest BCUT2D eigenvalue weighted by Crippen LogP contribution is -2.40. The van der Waals surface area contributed by atoms with E-state index in [1.807, 2.05) is 54.6 Å². The molecule has 0 heterocycles. The number of amides is 1. The molecule has 2 aromatic rings. The molecule has 0 unspecified atom stereocenters. The fraction of sp³-hybridized carbons (Fsp3) is 0.222. The van der Waals surface area contributed by atoms with Crippen LogP contribution in [0.5, 0.6) is 0 Å². The molecule has 1 aliphatic rings. The normalized spacial score (nSPS) is 14.2. The third-order valence-corrected chi connectivity index (χ3v) is 4.08. The van der Waals surface area contributed by atoms with E-state index in [2.05, 4.69) is 20.9 Å². The number of nitrogens with zero attached hydrogens (tertiary/aromatic N) is 2. The van der Waals surface area contributed by atoms with E-state index in [1.165, 1.54) is 0 Å². The molecule has 0 saturated heterocycles. The monoisotopic (exact) mass is 338 g/mol. The molecule has 1 saturated carbocycles. The Kier molecular flexibility index (Phi) is 5.28. The van der Waals surface area contributed by atoms with Crippen molar-refractivity contribution in [3.8, 4) is 0 Å². The van der Waals surface area contributed by atoms with Crippen LogP contribution in [0.4, 0.5) is 17.1 Å². The van der Waals surface area contributed by atoms with Crippen molar-refractivity contribution in [3.63, 3.8) is 0 Å². The highest BCUT2D eigenvalue weighted by molar-refractivity contribution is 7.80. The average Bonchev–Trinajstić information content (AvgIpc) is 2.53. The summed E-state index contributed by atoms with van der Waals surface area (Å²) in [5.74, 6) is 0.123. The van der Waals surface area contributed by atoms with Gasteiger partial charge in [-0.2, -0.15) is 10.2 Å². The molecule has 1 aliphatic carbocycles. The number of anilines is 1. The zero-order valence-corrected chi connectivity index (χ0v) is 13.9. The molecule has 0 aliphatic heterocycles. The smallest absolute Gasteiger partial charge is 0.229 e. The fourth-order valence-corrected chi connectivity index (χ4v) is 2.49. The summed E-state index contributed by atoms with van der Waals surface area (Å²) in [4.78, 5) is 11.8. The molecule has 122 valence electrons. The molecule has 2 aromatic carbocycles. The van der Waals surface area contributed by atoms with Crippen molar-refractivity contribution >= 4 is 40.3 Å². The molecule has 1 fully saturated rings. The first-order chi connectivity index (χ1) is 11.7. The van der Waals surface area contributed by atoms with Gasteiger partial charge in [-0.25, -0.2) is 0 Å². The highest BCUT2D eigenvalue weighted by Crippen LogP contribution is 2.26. The number of nitrogens with one attached hydrogen (secondary N) is 2. The number of benzene rings is 2. The van der Waals surface area contributed by atoms with Crippen molar-refractivity contribution in [2.75, 3.05) is 5.32 Å². The Hall–Kier alpha value is -2.60. The second-order valence-corrected chi connectivity index (χ2v) is 6.06. The van der Waals surface area contributed by atoms with E-state index < -0.39 is 0 Å². The Balaban J connectivity index is 1.53. The largest absolute Gasteiger partial charge is 0.332 e. The standard InChI is InChI=1S/C18H18N4OS/c23-17(13-5-4-6-13)20-18(24)19-14-9-11-16(12-10-14)22-21-15-7-2-1-3-8-15/h1-3,7-13H,4-6H2,(H2,19,20,23,24). The highest BCUT2D eigenvalue weighted by atomic mass is 32.1. The summed E-state index contributed by atoms with van der Waals surface area (Å²) in [7, 11) is 0. The molecule has 1 amide bonds. The molecule has 0 radical (unpaired) electrons. The van der Waals surface area contributed by atoms with Gasteiger partial charge in [0.25, 0.3) is 0 Å². The van der Waals surface area contributed by atoms with Gasteiger partial charge in [0.1, 0.15) is 0 Å². The zero-order valence-electron chi connectivity index (χ0n) is 13.1. The Morgan fingerprint density at radius 3 is 2.17 bits per heavy atom. The summed E-state index contributed by atoms with van der Waals surface area (Å²) in [6.45, 7) is 0. The lowest BCUT2D eigenvalue weighted by molar-refractivity contribution is -0.125. The summed E-state index contributed by atoms with van der Waals surface area (Å²) in [5, 5.41) is 14.4. The van der Waals surface area contributed by atoms with Gasteiger partial charge in [0.15, 0.2) is 5.11 Å². The zero-order chi connectivity index (χ0) is 16.8. The number of hydrogen-bond acceptors (Lipinski definition) is 4. The summed E-state index contributed by atoms with van der Waals surface area (Å²) in [6, 6.07) is 16.9. The number of rotatable bonds is 4. The fourth-order valence-electron chi connectivity index (χ4n) is 2.27. The van der Waals surface area contributed by atoms with Gasteiger partial charge < -0.3 is 10.6 Å². The second-order valence-electron chi connectivity index (χ2n) is 5.65. The van der Waals surface area contributed by atoms with Crippen LogP contribution in [0.2, 0.25) is 0 Å². The third kappa shape index (κ3) is 4.45. The van der Waals surface area contributed by atoms with Crippen LogP contribution < -0.4 is 10.6 Å². The van der Waals surface area contributed by atoms with Crippen molar-refractivity contribution < 1.29 is 4.79 Å². The van der Waals surface area contributed by atoms with E-state index in [0.29, 0.717) is 5.11 Å². The summed E-state index contributed by atoms with van der Waals surface area (Å²) in [6.07, 6.45) is 3.03. The predicted molar refractivity (Wildman–Crippen MR) is 98.8 cm³/mol. The van der Waals surface area contributed by atoms with E-state index in [9.17, 15) is 4.79 Å². The van der Waals surface area contributed by atoms with Gasteiger partial charge in [0.05, 0.1) is 11.4 Å². The Morgan fingerprint density at radius 2 is 1.58 bits per heavy atom. The summed E-state index contributed by atoms with van der Waals surface area (Å²) in [5.41, 5.74) is 2.35. The van der Waals surface area contributed by atoms with E-state index in [4.69, 9.17) is 12.2 Å². The molecule has 0 bridgehead atoms. The van der Waals surface area contributed by atoms with E-state index in [0.717, 1.165) is 36.3 Å². The molecule has 6 heteroatoms. The van der Waals surface area contributed by atoms with Gasteiger partial charge in [-0.1, -0.05) is 24.6 Å². The van der Waals surface area contributed by atoms with Crippen LogP contribution in [0.15, 0.2) is 64.8 Å². The third-order valence-electron chi connectivity index (χ3n) is 3.88. The van der Waals surface area contributed by atoms with Crippen LogP contribution in [0.3, 0.4) is 0 Å². The minimum atomic E-state index is 0.00651. The van der Waals surface area contributed by atoms with Crippen LogP contribution in [-0.2, 0) is 4.79 Å². The SMILES string of the molecule is O=C(NC(=S)Nc1ccc(N=Nc2ccccc2)cc1)C1CCC1. The summed E-state index contributed by atoms with van der Waals surface area (Å²) < 4.78 is 0. The molecule has 3 rings (SSSR count). The van der Waals surface area contributed by atoms with E-state index in [-0.39, 0.29) is 11.8 Å². The lowest BCUT2D eigenvalue weighted by atomic mass is 9.85. The van der Waals surface area contributed by atoms with Gasteiger partial charge in [0.2, 0.25) is 5.91 Å². The molecular formula is C18H18N4OS. The van der Waals surface area contributed by atoms with E-state index >= 15 is 0 Å². The van der Waals surface area contributed by atoms with Crippen molar-refractivity contribution in [3.05, 3.63) is 54.6 Å². The van der Waals surface area contributed by atoms with E-state index in [1.54, 1.807) is 0 Å². The van der Waals surface area contributed by atoms with Crippen molar-refractivity contribution in [2.45, 2.75) is 19.3 Å². The molecule has 0 aromatic heterocycles. The molecule has 0 spiro atoms. The van der Waals surface area contributed by atoms with Crippen molar-refractivity contribution in [1.29, 1.82) is 0 Å². The first-order valence-electron chi connectivity index (χ1n) is 7.89. The Bertz CT molecular complexity index is 739. The maximum absolute atomic E-state index is 11.8. The molecule has 24 heavy (non-hydrogen) atoms. The first-order valence-corrected chi connectivity index (χ1v) is 8.30. The maximum Gasteiger partial charge on any atom is 0.229 e. The minimum absolute atomic E-state index is 0.00651. The van der Waals surface area contributed by atoms with Crippen LogP contribution in [-0.4, -0.2) is 11.0 Å². The quantitative estimate of drug-likeness (QED) is 0.626. The summed E-state index contributed by atoms with van der Waals surface area (Å²) >= 11 is 5.17.